The van der Waals surface area contributed by atoms with Crippen molar-refractivity contribution in [2.75, 3.05) is 0 Å². The lowest BCUT2D eigenvalue weighted by molar-refractivity contribution is 0.309. The third kappa shape index (κ3) is 3.12. The normalized spacial score (nSPS) is 11.0. The minimum Gasteiger partial charge on any atom is -0.501 e. The summed E-state index contributed by atoms with van der Waals surface area (Å²) in [6, 6.07) is 10.7. The van der Waals surface area contributed by atoms with Gasteiger partial charge in [-0.25, -0.2) is 9.37 Å². The smallest absolute Gasteiger partial charge is 0.238 e. The molecule has 27 heavy (non-hydrogen) atoms. The second kappa shape index (κ2) is 6.56. The summed E-state index contributed by atoms with van der Waals surface area (Å²) in [5, 5.41) is 14.5. The number of halogens is 1. The van der Waals surface area contributed by atoms with E-state index in [1.54, 1.807) is 37.4 Å². The van der Waals surface area contributed by atoms with Crippen LogP contribution in [0.5, 0.6) is 11.5 Å². The van der Waals surface area contributed by atoms with Crippen LogP contribution in [0, 0.1) is 5.82 Å². The van der Waals surface area contributed by atoms with Gasteiger partial charge in [-0.05, 0) is 29.8 Å². The molecule has 0 atom stereocenters. The van der Waals surface area contributed by atoms with Gasteiger partial charge in [0, 0.05) is 7.05 Å². The van der Waals surface area contributed by atoms with Crippen LogP contribution in [0.25, 0.3) is 22.6 Å². The summed E-state index contributed by atoms with van der Waals surface area (Å²) in [6.07, 6.45) is 1.43. The van der Waals surface area contributed by atoms with Crippen molar-refractivity contribution in [2.45, 2.75) is 6.61 Å². The Hall–Kier alpha value is -3.68. The van der Waals surface area contributed by atoms with Crippen LogP contribution >= 0.6 is 0 Å². The van der Waals surface area contributed by atoms with Gasteiger partial charge in [0.15, 0.2) is 0 Å². The summed E-state index contributed by atoms with van der Waals surface area (Å²) >= 11 is 0. The molecule has 4 aromatic rings. The van der Waals surface area contributed by atoms with Crippen LogP contribution < -0.4 is 10.2 Å². The van der Waals surface area contributed by atoms with Crippen molar-refractivity contribution in [1.82, 2.24) is 14.8 Å². The molecule has 0 amide bonds. The summed E-state index contributed by atoms with van der Waals surface area (Å²) in [4.78, 5) is 16.7. The van der Waals surface area contributed by atoms with E-state index in [2.05, 4.69) is 10.1 Å². The van der Waals surface area contributed by atoms with Gasteiger partial charge in [0.1, 0.15) is 35.5 Å². The summed E-state index contributed by atoms with van der Waals surface area (Å²) < 4.78 is 25.8. The Kier molecular flexibility index (Phi) is 4.08. The van der Waals surface area contributed by atoms with Crippen LogP contribution in [0.2, 0.25) is 0 Å². The predicted octanol–water partition coefficient (Wildman–Crippen LogP) is 3.01. The quantitative estimate of drug-likeness (QED) is 0.596. The van der Waals surface area contributed by atoms with E-state index in [4.69, 9.17) is 9.15 Å². The maximum atomic E-state index is 13.0. The Balaban J connectivity index is 1.75. The van der Waals surface area contributed by atoms with E-state index in [1.165, 1.54) is 23.1 Å². The highest BCUT2D eigenvalue weighted by atomic mass is 19.1. The fourth-order valence-electron chi connectivity index (χ4n) is 2.66. The lowest BCUT2D eigenvalue weighted by Gasteiger charge is -2.10. The van der Waals surface area contributed by atoms with Crippen LogP contribution in [0.15, 0.2) is 58.0 Å². The highest BCUT2D eigenvalue weighted by molar-refractivity contribution is 5.86. The van der Waals surface area contributed by atoms with Crippen LogP contribution in [-0.4, -0.2) is 19.9 Å². The molecular formula is C19H14FN3O4. The zero-order valence-corrected chi connectivity index (χ0v) is 14.2. The van der Waals surface area contributed by atoms with Gasteiger partial charge in [0.25, 0.3) is 0 Å². The molecule has 0 radical (unpaired) electrons. The molecule has 0 saturated heterocycles. The van der Waals surface area contributed by atoms with Gasteiger partial charge < -0.3 is 14.3 Å². The van der Waals surface area contributed by atoms with Crippen molar-refractivity contribution in [3.8, 4) is 23.1 Å². The number of rotatable bonds is 4. The Morgan fingerprint density at radius 3 is 2.70 bits per heavy atom. The molecule has 0 aliphatic heterocycles. The number of benzene rings is 2. The van der Waals surface area contributed by atoms with Crippen LogP contribution in [0.4, 0.5) is 4.39 Å². The molecule has 1 N–H and O–H groups in total. The van der Waals surface area contributed by atoms with Gasteiger partial charge in [-0.15, -0.1) is 5.10 Å². The van der Waals surface area contributed by atoms with E-state index in [9.17, 15) is 14.3 Å². The number of fused-ring (bicyclic) bond motifs is 1. The molecule has 2 heterocycles. The Bertz CT molecular complexity index is 1180. The van der Waals surface area contributed by atoms with Crippen molar-refractivity contribution in [3.05, 3.63) is 70.4 Å². The largest absolute Gasteiger partial charge is 0.501 e. The van der Waals surface area contributed by atoms with Gasteiger partial charge in [0.2, 0.25) is 22.8 Å². The fraction of sp³-hybridized carbons (Fsp3) is 0.105. The summed E-state index contributed by atoms with van der Waals surface area (Å²) in [6.45, 7) is 0.128. The van der Waals surface area contributed by atoms with Gasteiger partial charge >= 0.3 is 0 Å². The van der Waals surface area contributed by atoms with Gasteiger partial charge in [-0.2, -0.15) is 0 Å². The molecule has 0 aliphatic rings. The van der Waals surface area contributed by atoms with Crippen molar-refractivity contribution in [1.29, 1.82) is 0 Å². The monoisotopic (exact) mass is 367 g/mol. The molecule has 4 rings (SSSR count). The number of hydrogen-bond donors (Lipinski definition) is 1. The first-order valence-corrected chi connectivity index (χ1v) is 8.05. The van der Waals surface area contributed by atoms with Gasteiger partial charge in [0.05, 0.1) is 0 Å². The highest BCUT2D eigenvalue weighted by Crippen LogP contribution is 2.31. The Morgan fingerprint density at radius 1 is 1.22 bits per heavy atom. The van der Waals surface area contributed by atoms with E-state index in [1.807, 2.05) is 0 Å². The first-order valence-electron chi connectivity index (χ1n) is 8.05. The summed E-state index contributed by atoms with van der Waals surface area (Å²) in [5.74, 6) is -0.687. The number of aryl methyl sites for hydroxylation is 1. The zero-order valence-electron chi connectivity index (χ0n) is 14.2. The summed E-state index contributed by atoms with van der Waals surface area (Å²) in [5.41, 5.74) is 0.321. The van der Waals surface area contributed by atoms with Crippen molar-refractivity contribution in [3.63, 3.8) is 0 Å². The maximum Gasteiger partial charge on any atom is 0.238 e. The number of ether oxygens (including phenoxy) is 1. The number of aromatic hydroxyl groups is 1. The van der Waals surface area contributed by atoms with E-state index in [0.29, 0.717) is 0 Å². The van der Waals surface area contributed by atoms with Crippen molar-refractivity contribution >= 4 is 11.0 Å². The van der Waals surface area contributed by atoms with Crippen LogP contribution in [0.1, 0.15) is 5.56 Å². The first-order chi connectivity index (χ1) is 13.0. The molecule has 0 saturated carbocycles. The molecular weight excluding hydrogens is 353 g/mol. The van der Waals surface area contributed by atoms with Gasteiger partial charge in [-0.1, -0.05) is 18.2 Å². The minimum absolute atomic E-state index is 0.103. The van der Waals surface area contributed by atoms with Crippen LogP contribution in [0.3, 0.4) is 0 Å². The fourth-order valence-corrected chi connectivity index (χ4v) is 2.66. The molecule has 8 heteroatoms. The van der Waals surface area contributed by atoms with Crippen LogP contribution in [-0.2, 0) is 13.7 Å². The summed E-state index contributed by atoms with van der Waals surface area (Å²) in [7, 11) is 1.66. The predicted molar refractivity (Wildman–Crippen MR) is 94.9 cm³/mol. The molecule has 0 spiro atoms. The Labute approximate surface area is 152 Å². The lowest BCUT2D eigenvalue weighted by atomic mass is 10.1. The van der Waals surface area contributed by atoms with E-state index < -0.39 is 11.2 Å². The Morgan fingerprint density at radius 2 is 2.00 bits per heavy atom. The molecule has 7 nitrogen and oxygen atoms in total. The SMILES string of the molecule is Cn1cnc(-c2oc3cccc(OCc4ccc(F)cc4)c3c(=O)c2O)n1. The number of nitrogens with zero attached hydrogens (tertiary/aromatic N) is 3. The third-order valence-corrected chi connectivity index (χ3v) is 3.97. The standard InChI is InChI=1S/C19H14FN3O4/c1-23-10-21-19(22-23)18-17(25)16(24)15-13(3-2-4-14(15)27-18)26-9-11-5-7-12(20)8-6-11/h2-8,10,25H,9H2,1H3. The lowest BCUT2D eigenvalue weighted by Crippen LogP contribution is -2.06. The van der Waals surface area contributed by atoms with E-state index in [0.717, 1.165) is 5.56 Å². The van der Waals surface area contributed by atoms with Crippen molar-refractivity contribution in [2.24, 2.45) is 7.05 Å². The molecule has 0 fully saturated rings. The topological polar surface area (TPSA) is 90.4 Å². The van der Waals surface area contributed by atoms with Gasteiger partial charge in [-0.3, -0.25) is 9.48 Å². The third-order valence-electron chi connectivity index (χ3n) is 3.97. The average molecular weight is 367 g/mol. The second-order valence-electron chi connectivity index (χ2n) is 5.90. The van der Waals surface area contributed by atoms with E-state index in [-0.39, 0.29) is 40.7 Å². The minimum atomic E-state index is -0.645. The van der Waals surface area contributed by atoms with E-state index >= 15 is 0 Å². The molecule has 2 aromatic carbocycles. The number of hydrogen-bond acceptors (Lipinski definition) is 6. The molecule has 0 aliphatic carbocycles. The maximum absolute atomic E-state index is 13.0. The zero-order chi connectivity index (χ0) is 19.0. The average Bonchev–Trinajstić information content (AvgIpc) is 3.10. The molecule has 2 aromatic heterocycles. The van der Waals surface area contributed by atoms with Crippen molar-refractivity contribution < 1.29 is 18.7 Å². The highest BCUT2D eigenvalue weighted by Gasteiger charge is 2.20. The second-order valence-corrected chi connectivity index (χ2v) is 5.90. The molecule has 0 bridgehead atoms. The molecule has 0 unspecified atom stereocenters. The number of aromatic nitrogens is 3. The molecule has 136 valence electrons. The first kappa shape index (κ1) is 16.8.